The number of rotatable bonds is 2. The zero-order chi connectivity index (χ0) is 9.97. The molecule has 1 N–H and O–H groups in total. The largest absolute Gasteiger partial charge is 0.361 e. The third kappa shape index (κ3) is 1.70. The van der Waals surface area contributed by atoms with Gasteiger partial charge in [0.1, 0.15) is 0 Å². The second-order valence-corrected chi connectivity index (χ2v) is 3.81. The van der Waals surface area contributed by atoms with Gasteiger partial charge in [-0.15, -0.1) is 0 Å². The third-order valence-corrected chi connectivity index (χ3v) is 2.52. The zero-order valence-corrected chi connectivity index (χ0v) is 8.70. The fraction of sp³-hybridized carbons (Fsp3) is 0.600. The molecule has 76 valence electrons. The number of nitrogens with one attached hydrogen (secondary N) is 1. The summed E-state index contributed by atoms with van der Waals surface area (Å²) in [7, 11) is 4.00. The highest BCUT2D eigenvalue weighted by Crippen LogP contribution is 2.26. The van der Waals surface area contributed by atoms with Crippen LogP contribution < -0.4 is 10.2 Å². The first-order valence-electron chi connectivity index (χ1n) is 5.00. The van der Waals surface area contributed by atoms with E-state index in [2.05, 4.69) is 15.3 Å². The van der Waals surface area contributed by atoms with Crippen LogP contribution in [0.25, 0.3) is 0 Å². The maximum absolute atomic E-state index is 4.42. The second-order valence-electron chi connectivity index (χ2n) is 3.81. The Hall–Kier alpha value is -1.16. The lowest BCUT2D eigenvalue weighted by Gasteiger charge is -2.18. The van der Waals surface area contributed by atoms with Crippen molar-refractivity contribution in [3.8, 4) is 0 Å². The van der Waals surface area contributed by atoms with E-state index < -0.39 is 0 Å². The van der Waals surface area contributed by atoms with Crippen LogP contribution in [0.2, 0.25) is 0 Å². The van der Waals surface area contributed by atoms with Gasteiger partial charge in [0, 0.05) is 26.5 Å². The summed E-state index contributed by atoms with van der Waals surface area (Å²) in [6.45, 7) is 1.09. The number of hydrogen-bond acceptors (Lipinski definition) is 4. The van der Waals surface area contributed by atoms with Crippen molar-refractivity contribution >= 4 is 5.82 Å². The van der Waals surface area contributed by atoms with Gasteiger partial charge in [0.2, 0.25) is 0 Å². The highest BCUT2D eigenvalue weighted by atomic mass is 15.2. The molecule has 0 radical (unpaired) electrons. The number of aromatic nitrogens is 2. The molecule has 0 aromatic carbocycles. The Kier molecular flexibility index (Phi) is 2.63. The Morgan fingerprint density at radius 3 is 2.79 bits per heavy atom. The van der Waals surface area contributed by atoms with E-state index >= 15 is 0 Å². The molecule has 1 aliphatic rings. The molecule has 2 heterocycles. The van der Waals surface area contributed by atoms with Crippen molar-refractivity contribution in [2.45, 2.75) is 18.9 Å². The molecule has 0 spiro atoms. The summed E-state index contributed by atoms with van der Waals surface area (Å²) in [5.74, 6) is 0.979. The molecule has 1 aromatic rings. The van der Waals surface area contributed by atoms with Crippen molar-refractivity contribution < 1.29 is 0 Å². The molecule has 1 aromatic heterocycles. The van der Waals surface area contributed by atoms with Crippen LogP contribution in [0.5, 0.6) is 0 Å². The highest BCUT2D eigenvalue weighted by molar-refractivity contribution is 5.43. The molecular weight excluding hydrogens is 176 g/mol. The predicted molar refractivity (Wildman–Crippen MR) is 56.3 cm³/mol. The average molecular weight is 192 g/mol. The summed E-state index contributed by atoms with van der Waals surface area (Å²) in [4.78, 5) is 10.8. The van der Waals surface area contributed by atoms with Crippen LogP contribution in [0, 0.1) is 0 Å². The lowest BCUT2D eigenvalue weighted by Crippen LogP contribution is -2.20. The van der Waals surface area contributed by atoms with E-state index in [-0.39, 0.29) is 0 Å². The van der Waals surface area contributed by atoms with Gasteiger partial charge in [0.15, 0.2) is 5.82 Å². The molecule has 1 atom stereocenters. The third-order valence-electron chi connectivity index (χ3n) is 2.52. The summed E-state index contributed by atoms with van der Waals surface area (Å²) < 4.78 is 0. The first-order chi connectivity index (χ1) is 6.79. The SMILES string of the molecule is CN(C)c1nccnc1C1CCCN1. The van der Waals surface area contributed by atoms with E-state index in [4.69, 9.17) is 0 Å². The Morgan fingerprint density at radius 2 is 2.14 bits per heavy atom. The average Bonchev–Trinajstić information content (AvgIpc) is 2.70. The van der Waals surface area contributed by atoms with E-state index in [1.54, 1.807) is 12.4 Å². The molecule has 4 nitrogen and oxygen atoms in total. The smallest absolute Gasteiger partial charge is 0.151 e. The van der Waals surface area contributed by atoms with Gasteiger partial charge in [-0.3, -0.25) is 4.98 Å². The van der Waals surface area contributed by atoms with Crippen LogP contribution in [0.4, 0.5) is 5.82 Å². The summed E-state index contributed by atoms with van der Waals surface area (Å²) in [6, 6.07) is 0.390. The fourth-order valence-corrected chi connectivity index (χ4v) is 1.85. The summed E-state index contributed by atoms with van der Waals surface area (Å²) in [5.41, 5.74) is 1.08. The minimum atomic E-state index is 0.390. The Morgan fingerprint density at radius 1 is 1.36 bits per heavy atom. The van der Waals surface area contributed by atoms with Gasteiger partial charge in [-0.25, -0.2) is 4.98 Å². The van der Waals surface area contributed by atoms with Crippen LogP contribution in [-0.4, -0.2) is 30.6 Å². The molecule has 0 bridgehead atoms. The van der Waals surface area contributed by atoms with E-state index in [1.165, 1.54) is 12.8 Å². The Balaban J connectivity index is 2.30. The van der Waals surface area contributed by atoms with Crippen molar-refractivity contribution in [1.82, 2.24) is 15.3 Å². The van der Waals surface area contributed by atoms with Crippen LogP contribution >= 0.6 is 0 Å². The molecule has 0 amide bonds. The summed E-state index contributed by atoms with van der Waals surface area (Å²) in [5, 5.41) is 3.44. The lowest BCUT2D eigenvalue weighted by atomic mass is 10.1. The molecule has 2 rings (SSSR count). The first kappa shape index (κ1) is 9.40. The monoisotopic (exact) mass is 192 g/mol. The van der Waals surface area contributed by atoms with Gasteiger partial charge < -0.3 is 10.2 Å². The van der Waals surface area contributed by atoms with Gasteiger partial charge in [0.25, 0.3) is 0 Å². The number of nitrogens with zero attached hydrogens (tertiary/aromatic N) is 3. The van der Waals surface area contributed by atoms with E-state index in [9.17, 15) is 0 Å². The molecule has 0 aliphatic carbocycles. The van der Waals surface area contributed by atoms with E-state index in [1.807, 2.05) is 19.0 Å². The second kappa shape index (κ2) is 3.92. The van der Waals surface area contributed by atoms with Gasteiger partial charge >= 0.3 is 0 Å². The van der Waals surface area contributed by atoms with Crippen molar-refractivity contribution in [2.75, 3.05) is 25.5 Å². The van der Waals surface area contributed by atoms with Gasteiger partial charge in [-0.1, -0.05) is 0 Å². The fourth-order valence-electron chi connectivity index (χ4n) is 1.85. The standard InChI is InChI=1S/C10H16N4/c1-14(2)10-9(12-6-7-13-10)8-4-3-5-11-8/h6-8,11H,3-5H2,1-2H3. The normalized spacial score (nSPS) is 21.1. The van der Waals surface area contributed by atoms with Gasteiger partial charge in [-0.05, 0) is 19.4 Å². The summed E-state index contributed by atoms with van der Waals surface area (Å²) >= 11 is 0. The van der Waals surface area contributed by atoms with Crippen LogP contribution in [0.15, 0.2) is 12.4 Å². The molecule has 1 fully saturated rings. The maximum Gasteiger partial charge on any atom is 0.151 e. The van der Waals surface area contributed by atoms with Gasteiger partial charge in [-0.2, -0.15) is 0 Å². The minimum absolute atomic E-state index is 0.390. The molecule has 1 aliphatic heterocycles. The van der Waals surface area contributed by atoms with Crippen molar-refractivity contribution in [1.29, 1.82) is 0 Å². The predicted octanol–water partition coefficient (Wildman–Crippen LogP) is 0.967. The van der Waals surface area contributed by atoms with E-state index in [0.717, 1.165) is 18.1 Å². The topological polar surface area (TPSA) is 41.1 Å². The Bertz CT molecular complexity index is 305. The Labute approximate surface area is 84.4 Å². The molecule has 1 saturated heterocycles. The lowest BCUT2D eigenvalue weighted by molar-refractivity contribution is 0.623. The number of hydrogen-bond donors (Lipinski definition) is 1. The van der Waals surface area contributed by atoms with Crippen molar-refractivity contribution in [2.24, 2.45) is 0 Å². The highest BCUT2D eigenvalue weighted by Gasteiger charge is 2.21. The van der Waals surface area contributed by atoms with Crippen LogP contribution in [0.1, 0.15) is 24.6 Å². The maximum atomic E-state index is 4.42. The van der Waals surface area contributed by atoms with Gasteiger partial charge in [0.05, 0.1) is 11.7 Å². The van der Waals surface area contributed by atoms with Crippen LogP contribution in [-0.2, 0) is 0 Å². The van der Waals surface area contributed by atoms with Crippen molar-refractivity contribution in [3.05, 3.63) is 18.1 Å². The van der Waals surface area contributed by atoms with Crippen molar-refractivity contribution in [3.63, 3.8) is 0 Å². The number of anilines is 1. The molecule has 4 heteroatoms. The molecule has 1 unspecified atom stereocenters. The summed E-state index contributed by atoms with van der Waals surface area (Å²) in [6.07, 6.45) is 5.91. The first-order valence-corrected chi connectivity index (χ1v) is 5.00. The molecular formula is C10H16N4. The van der Waals surface area contributed by atoms with Crippen LogP contribution in [0.3, 0.4) is 0 Å². The minimum Gasteiger partial charge on any atom is -0.361 e. The molecule has 14 heavy (non-hydrogen) atoms. The quantitative estimate of drug-likeness (QED) is 0.758. The zero-order valence-electron chi connectivity index (χ0n) is 8.70. The molecule has 0 saturated carbocycles. The van der Waals surface area contributed by atoms with E-state index in [0.29, 0.717) is 6.04 Å².